The highest BCUT2D eigenvalue weighted by molar-refractivity contribution is 7.80. The first kappa shape index (κ1) is 11.8. The molecule has 4 nitrogen and oxygen atoms in total. The van der Waals surface area contributed by atoms with E-state index in [-0.39, 0.29) is 5.56 Å². The summed E-state index contributed by atoms with van der Waals surface area (Å²) >= 11 is 5.08. The molecule has 0 aliphatic rings. The van der Waals surface area contributed by atoms with Crippen molar-refractivity contribution in [3.8, 4) is 0 Å². The molecule has 15 heavy (non-hydrogen) atoms. The number of thiocarbonyl (C=S) groups is 1. The van der Waals surface area contributed by atoms with Crippen LogP contribution in [-0.4, -0.2) is 22.1 Å². The van der Waals surface area contributed by atoms with Gasteiger partial charge in [0.15, 0.2) is 5.05 Å². The van der Waals surface area contributed by atoms with E-state index in [4.69, 9.17) is 17.0 Å². The normalized spacial score (nSPS) is 11.2. The van der Waals surface area contributed by atoms with E-state index in [9.17, 15) is 4.79 Å². The first-order valence-corrected chi connectivity index (χ1v) is 4.95. The average molecular weight is 226 g/mol. The molecule has 0 bridgehead atoms. The Morgan fingerprint density at radius 3 is 2.67 bits per heavy atom. The summed E-state index contributed by atoms with van der Waals surface area (Å²) in [5.41, 5.74) is -0.0832. The van der Waals surface area contributed by atoms with Crippen LogP contribution >= 0.6 is 12.2 Å². The minimum Gasteiger partial charge on any atom is -0.489 e. The van der Waals surface area contributed by atoms with E-state index < -0.39 is 5.41 Å². The molecule has 0 saturated heterocycles. The molecule has 0 aliphatic carbocycles. The summed E-state index contributed by atoms with van der Waals surface area (Å²) in [5.74, 6) is 0.527. The summed E-state index contributed by atoms with van der Waals surface area (Å²) in [6, 6.07) is 1.44. The third kappa shape index (κ3) is 2.41. The second kappa shape index (κ2) is 4.10. The Balaban J connectivity index is 3.26. The van der Waals surface area contributed by atoms with Crippen LogP contribution in [-0.2, 0) is 10.2 Å². The van der Waals surface area contributed by atoms with Crippen molar-refractivity contribution in [3.63, 3.8) is 0 Å². The molecular formula is C10H14N2O2S. The molecule has 1 aromatic rings. The fourth-order valence-corrected chi connectivity index (χ4v) is 1.32. The Kier molecular flexibility index (Phi) is 3.24. The van der Waals surface area contributed by atoms with Gasteiger partial charge in [0.1, 0.15) is 5.82 Å². The maximum atomic E-state index is 11.3. The lowest BCUT2D eigenvalue weighted by Crippen LogP contribution is -2.33. The summed E-state index contributed by atoms with van der Waals surface area (Å²) in [5, 5.41) is 0.399. The molecule has 0 aromatic carbocycles. The second-order valence-electron chi connectivity index (χ2n) is 3.85. The maximum absolute atomic E-state index is 11.3. The Hall–Kier alpha value is -1.23. The summed E-state index contributed by atoms with van der Waals surface area (Å²) < 4.78 is 5.02. The number of rotatable bonds is 2. The van der Waals surface area contributed by atoms with E-state index in [1.165, 1.54) is 13.2 Å². The number of methoxy groups -OCH3 is 1. The number of ether oxygens (including phenoxy) is 1. The Labute approximate surface area is 93.7 Å². The number of aromatic amines is 1. The quantitative estimate of drug-likeness (QED) is 0.773. The van der Waals surface area contributed by atoms with Crippen molar-refractivity contribution in [2.75, 3.05) is 7.11 Å². The van der Waals surface area contributed by atoms with Crippen LogP contribution in [0.15, 0.2) is 10.9 Å². The van der Waals surface area contributed by atoms with Gasteiger partial charge >= 0.3 is 0 Å². The highest BCUT2D eigenvalue weighted by Crippen LogP contribution is 2.21. The molecule has 1 N–H and O–H groups in total. The van der Waals surface area contributed by atoms with Crippen molar-refractivity contribution in [1.82, 2.24) is 9.97 Å². The van der Waals surface area contributed by atoms with Gasteiger partial charge in [0, 0.05) is 11.8 Å². The molecular weight excluding hydrogens is 212 g/mol. The Morgan fingerprint density at radius 2 is 2.20 bits per heavy atom. The monoisotopic (exact) mass is 226 g/mol. The van der Waals surface area contributed by atoms with Gasteiger partial charge in [-0.1, -0.05) is 0 Å². The van der Waals surface area contributed by atoms with Crippen LogP contribution in [0.4, 0.5) is 0 Å². The minimum atomic E-state index is -0.574. The molecule has 0 radical (unpaired) electrons. The SMILES string of the molecule is COC(=S)C(C)(C)c1nc(C)cc(=O)[nH]1. The number of nitrogens with zero attached hydrogens (tertiary/aromatic N) is 1. The van der Waals surface area contributed by atoms with Crippen molar-refractivity contribution >= 4 is 17.3 Å². The topological polar surface area (TPSA) is 55.0 Å². The summed E-state index contributed by atoms with van der Waals surface area (Å²) in [7, 11) is 1.51. The van der Waals surface area contributed by atoms with Gasteiger partial charge in [-0.15, -0.1) is 0 Å². The average Bonchev–Trinajstić information content (AvgIpc) is 2.15. The molecule has 82 valence electrons. The number of nitrogens with one attached hydrogen (secondary N) is 1. The third-order valence-electron chi connectivity index (χ3n) is 2.16. The lowest BCUT2D eigenvalue weighted by atomic mass is 9.93. The van der Waals surface area contributed by atoms with Crippen molar-refractivity contribution in [2.24, 2.45) is 0 Å². The molecule has 0 saturated carbocycles. The predicted octanol–water partition coefficient (Wildman–Crippen LogP) is 1.33. The highest BCUT2D eigenvalue weighted by atomic mass is 32.1. The van der Waals surface area contributed by atoms with E-state index in [1.54, 1.807) is 6.92 Å². The molecule has 0 spiro atoms. The zero-order valence-electron chi connectivity index (χ0n) is 9.25. The lowest BCUT2D eigenvalue weighted by molar-refractivity contribution is 0.369. The fourth-order valence-electron chi connectivity index (χ4n) is 1.23. The molecule has 0 atom stereocenters. The van der Waals surface area contributed by atoms with E-state index in [0.717, 1.165) is 0 Å². The van der Waals surface area contributed by atoms with Crippen LogP contribution in [0.25, 0.3) is 0 Å². The Morgan fingerprint density at radius 1 is 1.60 bits per heavy atom. The van der Waals surface area contributed by atoms with E-state index >= 15 is 0 Å². The van der Waals surface area contributed by atoms with Gasteiger partial charge in [-0.3, -0.25) is 4.79 Å². The predicted molar refractivity (Wildman–Crippen MR) is 62.2 cm³/mol. The second-order valence-corrected chi connectivity index (χ2v) is 4.22. The van der Waals surface area contributed by atoms with Crippen LogP contribution in [0.3, 0.4) is 0 Å². The van der Waals surface area contributed by atoms with Crippen molar-refractivity contribution in [1.29, 1.82) is 0 Å². The van der Waals surface area contributed by atoms with Crippen LogP contribution in [0.1, 0.15) is 25.4 Å². The van der Waals surface area contributed by atoms with Gasteiger partial charge in [0.05, 0.1) is 12.5 Å². The maximum Gasteiger partial charge on any atom is 0.251 e. The first-order valence-electron chi connectivity index (χ1n) is 4.55. The van der Waals surface area contributed by atoms with Crippen molar-refractivity contribution < 1.29 is 4.74 Å². The third-order valence-corrected chi connectivity index (χ3v) is 2.83. The molecule has 1 aromatic heterocycles. The molecule has 0 amide bonds. The lowest BCUT2D eigenvalue weighted by Gasteiger charge is -2.23. The summed E-state index contributed by atoms with van der Waals surface area (Å²) in [4.78, 5) is 18.2. The molecule has 0 unspecified atom stereocenters. The summed E-state index contributed by atoms with van der Waals surface area (Å²) in [6.07, 6.45) is 0. The zero-order chi connectivity index (χ0) is 11.6. The van der Waals surface area contributed by atoms with Crippen molar-refractivity contribution in [3.05, 3.63) is 27.9 Å². The largest absolute Gasteiger partial charge is 0.489 e. The minimum absolute atomic E-state index is 0.176. The standard InChI is InChI=1S/C10H14N2O2S/c1-6-5-7(13)12-8(11-6)10(2,3)9(15)14-4/h5H,1-4H3,(H,11,12,13). The van der Waals surface area contributed by atoms with E-state index in [0.29, 0.717) is 16.6 Å². The molecule has 0 fully saturated rings. The smallest absolute Gasteiger partial charge is 0.251 e. The number of aryl methyl sites for hydroxylation is 1. The Bertz CT molecular complexity index is 437. The number of H-pyrrole nitrogens is 1. The van der Waals surface area contributed by atoms with E-state index in [1.807, 2.05) is 13.8 Å². The van der Waals surface area contributed by atoms with Crippen molar-refractivity contribution in [2.45, 2.75) is 26.2 Å². The first-order chi connectivity index (χ1) is 6.87. The van der Waals surface area contributed by atoms with E-state index in [2.05, 4.69) is 9.97 Å². The van der Waals surface area contributed by atoms with Gasteiger partial charge in [-0.25, -0.2) is 4.98 Å². The van der Waals surface area contributed by atoms with Gasteiger partial charge in [-0.2, -0.15) is 0 Å². The van der Waals surface area contributed by atoms with Crippen LogP contribution in [0.5, 0.6) is 0 Å². The van der Waals surface area contributed by atoms with Gasteiger partial charge < -0.3 is 9.72 Å². The van der Waals surface area contributed by atoms with Gasteiger partial charge in [-0.05, 0) is 33.0 Å². The van der Waals surface area contributed by atoms with Gasteiger partial charge in [0.2, 0.25) is 0 Å². The van der Waals surface area contributed by atoms with Crippen LogP contribution in [0, 0.1) is 6.92 Å². The highest BCUT2D eigenvalue weighted by Gasteiger charge is 2.30. The number of aromatic nitrogens is 2. The molecule has 0 aliphatic heterocycles. The summed E-state index contributed by atoms with van der Waals surface area (Å²) in [6.45, 7) is 5.48. The number of hydrogen-bond acceptors (Lipinski definition) is 4. The zero-order valence-corrected chi connectivity index (χ0v) is 10.1. The molecule has 5 heteroatoms. The molecule has 1 heterocycles. The fraction of sp³-hybridized carbons (Fsp3) is 0.500. The van der Waals surface area contributed by atoms with Crippen LogP contribution < -0.4 is 5.56 Å². The number of hydrogen-bond donors (Lipinski definition) is 1. The van der Waals surface area contributed by atoms with Gasteiger partial charge in [0.25, 0.3) is 5.56 Å². The van der Waals surface area contributed by atoms with Crippen LogP contribution in [0.2, 0.25) is 0 Å². The molecule has 1 rings (SSSR count).